The number of hydrogen-bond acceptors (Lipinski definition) is 12. The highest BCUT2D eigenvalue weighted by Gasteiger charge is 2.44. The number of carbonyl (C=O) groups excluding carboxylic acids is 1. The van der Waals surface area contributed by atoms with E-state index >= 15 is 0 Å². The van der Waals surface area contributed by atoms with Crippen molar-refractivity contribution in [3.63, 3.8) is 0 Å². The molecule has 16 heteroatoms. The quantitative estimate of drug-likeness (QED) is 0.269. The van der Waals surface area contributed by atoms with Crippen molar-refractivity contribution in [1.29, 1.82) is 0 Å². The molecule has 1 amide bonds. The number of ether oxygens (including phenoxy) is 1. The van der Waals surface area contributed by atoms with E-state index in [4.69, 9.17) is 4.74 Å². The molecule has 5 N–H and O–H groups in total. The summed E-state index contributed by atoms with van der Waals surface area (Å²) in [5, 5.41) is 39.0. The Labute approximate surface area is 211 Å². The lowest BCUT2D eigenvalue weighted by atomic mass is 10.1. The van der Waals surface area contributed by atoms with Crippen molar-refractivity contribution >= 4 is 37.7 Å². The first kappa shape index (κ1) is 25.5. The van der Waals surface area contributed by atoms with Gasteiger partial charge in [0.15, 0.2) is 23.2 Å². The summed E-state index contributed by atoms with van der Waals surface area (Å²) in [7, 11) is -3.94. The summed E-state index contributed by atoms with van der Waals surface area (Å²) in [5.74, 6) is 0.167. The van der Waals surface area contributed by atoms with Crippen molar-refractivity contribution in [3.05, 3.63) is 18.7 Å². The molecule has 2 fully saturated rings. The van der Waals surface area contributed by atoms with Crippen molar-refractivity contribution < 1.29 is 33.3 Å². The van der Waals surface area contributed by atoms with Crippen LogP contribution in [0, 0.1) is 0 Å². The smallest absolute Gasteiger partial charge is 0.340 e. The molecular formula is C21H28N8O7S. The van der Waals surface area contributed by atoms with Gasteiger partial charge in [-0.2, -0.15) is 15.1 Å². The standard InChI is InChI=1S/C21H28N8O7S/c1-2-37(34,35)21(33)25-12-7-23-29(8-12)20-26-17(24-11-5-3-4-6-11)14-18(27-20)28(10-22-14)19-16(32)15(31)13(9-30)36-19/h7-8,10-11,13,15-16,19,30-32H,2-6,9H2,1H3,(H,25,33)(H,24,26,27)/t13-,15?,16?,19-/m1/s1. The average Bonchev–Trinajstić information content (AvgIpc) is 3.68. The van der Waals surface area contributed by atoms with Crippen LogP contribution in [0.2, 0.25) is 0 Å². The number of fused-ring (bicyclic) bond motifs is 1. The molecule has 4 atom stereocenters. The summed E-state index contributed by atoms with van der Waals surface area (Å²) in [6.45, 7) is 0.891. The Bertz CT molecular complexity index is 1400. The summed E-state index contributed by atoms with van der Waals surface area (Å²) in [6, 6.07) is 0.178. The van der Waals surface area contributed by atoms with Crippen LogP contribution in [-0.4, -0.2) is 95.0 Å². The first-order valence-corrected chi connectivity index (χ1v) is 13.6. The average molecular weight is 537 g/mol. The third kappa shape index (κ3) is 4.77. The number of rotatable bonds is 7. The molecule has 0 aromatic carbocycles. The number of nitrogens with zero attached hydrogens (tertiary/aromatic N) is 6. The highest BCUT2D eigenvalue weighted by atomic mass is 32.2. The summed E-state index contributed by atoms with van der Waals surface area (Å²) in [5.41, 5.74) is 0.811. The largest absolute Gasteiger partial charge is 0.394 e. The fraction of sp³-hybridized carbons (Fsp3) is 0.571. The summed E-state index contributed by atoms with van der Waals surface area (Å²) in [6.07, 6.45) is 3.44. The number of hydrogen-bond donors (Lipinski definition) is 5. The molecule has 3 aromatic rings. The lowest BCUT2D eigenvalue weighted by Gasteiger charge is -2.18. The Morgan fingerprint density at radius 3 is 2.65 bits per heavy atom. The minimum atomic E-state index is -3.94. The molecule has 200 valence electrons. The number of sulfone groups is 1. The van der Waals surface area contributed by atoms with Crippen molar-refractivity contribution in [2.24, 2.45) is 0 Å². The van der Waals surface area contributed by atoms with Gasteiger partial charge in [-0.25, -0.2) is 18.1 Å². The summed E-state index contributed by atoms with van der Waals surface area (Å²) < 4.78 is 32.0. The molecular weight excluding hydrogens is 508 g/mol. The predicted molar refractivity (Wildman–Crippen MR) is 130 cm³/mol. The predicted octanol–water partition coefficient (Wildman–Crippen LogP) is -0.0554. The summed E-state index contributed by atoms with van der Waals surface area (Å²) in [4.78, 5) is 25.6. The minimum Gasteiger partial charge on any atom is -0.394 e. The van der Waals surface area contributed by atoms with E-state index in [2.05, 4.69) is 30.7 Å². The fourth-order valence-electron chi connectivity index (χ4n) is 4.49. The number of aliphatic hydroxyl groups is 3. The zero-order valence-electron chi connectivity index (χ0n) is 19.9. The molecule has 2 unspecified atom stereocenters. The van der Waals surface area contributed by atoms with Gasteiger partial charge in [-0.1, -0.05) is 19.8 Å². The Kier molecular flexibility index (Phi) is 6.84. The Balaban J connectivity index is 1.54. The van der Waals surface area contributed by atoms with Crippen molar-refractivity contribution in [1.82, 2.24) is 29.3 Å². The van der Waals surface area contributed by atoms with Crippen LogP contribution in [0.15, 0.2) is 18.7 Å². The van der Waals surface area contributed by atoms with Gasteiger partial charge in [0.05, 0.1) is 36.8 Å². The molecule has 5 rings (SSSR count). The second-order valence-electron chi connectivity index (χ2n) is 9.04. The van der Waals surface area contributed by atoms with E-state index < -0.39 is 46.2 Å². The van der Waals surface area contributed by atoms with Gasteiger partial charge >= 0.3 is 5.24 Å². The summed E-state index contributed by atoms with van der Waals surface area (Å²) >= 11 is 0. The van der Waals surface area contributed by atoms with Crippen LogP contribution >= 0.6 is 0 Å². The molecule has 1 saturated heterocycles. The van der Waals surface area contributed by atoms with Gasteiger partial charge in [0.25, 0.3) is 5.95 Å². The molecule has 1 aliphatic carbocycles. The number of aliphatic hydroxyl groups excluding tert-OH is 3. The van der Waals surface area contributed by atoms with E-state index in [9.17, 15) is 28.5 Å². The number of imidazole rings is 1. The molecule has 0 bridgehead atoms. The molecule has 3 aromatic heterocycles. The van der Waals surface area contributed by atoms with Crippen LogP contribution in [0.3, 0.4) is 0 Å². The number of anilines is 2. The first-order valence-electron chi connectivity index (χ1n) is 11.9. The Morgan fingerprint density at radius 2 is 1.97 bits per heavy atom. The normalized spacial score (nSPS) is 24.6. The molecule has 1 aliphatic heterocycles. The van der Waals surface area contributed by atoms with Crippen molar-refractivity contribution in [3.8, 4) is 5.95 Å². The maximum atomic E-state index is 12.0. The van der Waals surface area contributed by atoms with Crippen molar-refractivity contribution in [2.75, 3.05) is 23.0 Å². The zero-order chi connectivity index (χ0) is 26.3. The SMILES string of the molecule is CCS(=O)(=O)C(=O)Nc1cnn(-c2nc(NC3CCCC3)c3ncn([C@@H]4O[C@H](CO)C(O)C4O)c3n2)c1. The second-order valence-corrected chi connectivity index (χ2v) is 11.2. The second kappa shape index (κ2) is 9.94. The molecule has 15 nitrogen and oxygen atoms in total. The van der Waals surface area contributed by atoms with Gasteiger partial charge in [-0.15, -0.1) is 0 Å². The van der Waals surface area contributed by atoms with E-state index in [0.29, 0.717) is 11.3 Å². The lowest BCUT2D eigenvalue weighted by molar-refractivity contribution is -0.0511. The molecule has 37 heavy (non-hydrogen) atoms. The van der Waals surface area contributed by atoms with Crippen LogP contribution in [-0.2, 0) is 14.6 Å². The Hall–Kier alpha value is -3.18. The van der Waals surface area contributed by atoms with Crippen LogP contribution in [0.1, 0.15) is 38.8 Å². The van der Waals surface area contributed by atoms with Crippen molar-refractivity contribution in [2.45, 2.75) is 63.2 Å². The third-order valence-corrected chi connectivity index (χ3v) is 8.02. The van der Waals surface area contributed by atoms with Crippen LogP contribution in [0.4, 0.5) is 16.3 Å². The maximum absolute atomic E-state index is 12.0. The third-order valence-electron chi connectivity index (χ3n) is 6.59. The number of nitrogens with one attached hydrogen (secondary N) is 2. The van der Waals surface area contributed by atoms with Crippen LogP contribution in [0.25, 0.3) is 17.1 Å². The van der Waals surface area contributed by atoms with E-state index in [0.717, 1.165) is 25.7 Å². The van der Waals surface area contributed by atoms with E-state index in [-0.39, 0.29) is 29.1 Å². The monoisotopic (exact) mass is 536 g/mol. The lowest BCUT2D eigenvalue weighted by Crippen LogP contribution is -2.33. The minimum absolute atomic E-state index is 0.0836. The van der Waals surface area contributed by atoms with Gasteiger partial charge in [0.2, 0.25) is 9.84 Å². The van der Waals surface area contributed by atoms with E-state index in [1.54, 1.807) is 0 Å². The van der Waals surface area contributed by atoms with Gasteiger partial charge in [-0.3, -0.25) is 9.36 Å². The number of carbonyl (C=O) groups is 1. The van der Waals surface area contributed by atoms with Gasteiger partial charge in [-0.05, 0) is 12.8 Å². The molecule has 0 radical (unpaired) electrons. The number of aromatic nitrogens is 6. The molecule has 0 spiro atoms. The van der Waals surface area contributed by atoms with Gasteiger partial charge in [0, 0.05) is 6.04 Å². The van der Waals surface area contributed by atoms with E-state index in [1.807, 2.05) is 0 Å². The number of amides is 1. The van der Waals surface area contributed by atoms with Crippen LogP contribution < -0.4 is 10.6 Å². The van der Waals surface area contributed by atoms with Gasteiger partial charge < -0.3 is 30.7 Å². The zero-order valence-corrected chi connectivity index (χ0v) is 20.7. The van der Waals surface area contributed by atoms with E-state index in [1.165, 1.54) is 34.9 Å². The first-order chi connectivity index (χ1) is 17.7. The molecule has 1 saturated carbocycles. The molecule has 2 aliphatic rings. The van der Waals surface area contributed by atoms with Gasteiger partial charge in [0.1, 0.15) is 18.3 Å². The van der Waals surface area contributed by atoms with Crippen LogP contribution in [0.5, 0.6) is 0 Å². The highest BCUT2D eigenvalue weighted by molar-refractivity contribution is 8.06. The Morgan fingerprint density at radius 1 is 1.22 bits per heavy atom. The maximum Gasteiger partial charge on any atom is 0.340 e. The highest BCUT2D eigenvalue weighted by Crippen LogP contribution is 2.33. The topological polar surface area (TPSA) is 207 Å². The molecule has 4 heterocycles. The fourth-order valence-corrected chi connectivity index (χ4v) is 5.03.